The van der Waals surface area contributed by atoms with Crippen molar-refractivity contribution in [3.8, 4) is 11.6 Å². The van der Waals surface area contributed by atoms with E-state index in [1.165, 1.54) is 11.5 Å². The molecule has 4 nitrogen and oxygen atoms in total. The summed E-state index contributed by atoms with van der Waals surface area (Å²) in [7, 11) is 0. The minimum atomic E-state index is -0.337. The Labute approximate surface area is 246 Å². The van der Waals surface area contributed by atoms with Crippen molar-refractivity contribution < 1.29 is 34.7 Å². The molecule has 39 heavy (non-hydrogen) atoms. The smallest absolute Gasteiger partial charge is 0.225 e. The largest absolute Gasteiger partial charge is 0.512 e. The number of aliphatic hydroxyl groups excluding tert-OH is 1. The Balaban J connectivity index is 0.000000275. The Morgan fingerprint density at radius 2 is 1.49 bits per heavy atom. The Kier molecular flexibility index (Phi) is 11.9. The monoisotopic (exact) mass is 703 g/mol. The molecule has 5 heteroatoms. The molecule has 1 N–H and O–H groups in total. The van der Waals surface area contributed by atoms with Crippen LogP contribution in [0.4, 0.5) is 0 Å². The summed E-state index contributed by atoms with van der Waals surface area (Å²) in [6.45, 7) is 12.1. The molecule has 0 amide bonds. The zero-order valence-electron chi connectivity index (χ0n) is 23.9. The third kappa shape index (κ3) is 7.56. The van der Waals surface area contributed by atoms with Crippen molar-refractivity contribution in [3.05, 3.63) is 90.8 Å². The van der Waals surface area contributed by atoms with Gasteiger partial charge >= 0.3 is 0 Å². The van der Waals surface area contributed by atoms with Crippen molar-refractivity contribution in [1.82, 2.24) is 4.98 Å². The Morgan fingerprint density at radius 3 is 2.10 bits per heavy atom. The van der Waals surface area contributed by atoms with Gasteiger partial charge in [-0.05, 0) is 47.9 Å². The van der Waals surface area contributed by atoms with E-state index in [1.54, 1.807) is 6.20 Å². The van der Waals surface area contributed by atoms with E-state index in [9.17, 15) is 9.90 Å². The molecule has 0 unspecified atom stereocenters. The summed E-state index contributed by atoms with van der Waals surface area (Å²) in [4.78, 5) is 16.6. The molecule has 1 aromatic heterocycles. The van der Waals surface area contributed by atoms with Crippen molar-refractivity contribution in [2.24, 2.45) is 10.8 Å². The SMILES string of the molecule is CCC(C)(CC)C(=O)/C=C(\O)C(C)(CC)CC.[Ir].[c-]1ccccc1Oc1nccc2ccc3ccccc3c12. The number of allylic oxidation sites excluding steroid dienone is 2. The number of nitrogens with zero attached hydrogens (tertiary/aromatic N) is 1. The Morgan fingerprint density at radius 1 is 0.872 bits per heavy atom. The predicted molar refractivity (Wildman–Crippen MR) is 158 cm³/mol. The van der Waals surface area contributed by atoms with Gasteiger partial charge in [-0.25, -0.2) is 4.98 Å². The van der Waals surface area contributed by atoms with Crippen molar-refractivity contribution in [1.29, 1.82) is 0 Å². The normalized spacial score (nSPS) is 11.9. The summed E-state index contributed by atoms with van der Waals surface area (Å²) < 4.78 is 5.93. The standard InChI is InChI=1S/C19H12NO.C15H28O2.Ir/c1-2-7-16(8-3-1)21-19-18-15(12-13-20-19)11-10-14-6-4-5-9-17(14)18;1-7-14(5,8-2)12(16)11-13(17)15(6,9-3)10-4;/h1-7,9-13H;11,16H,7-10H2,1-6H3;/q-1;;/b;12-11-;. The first-order chi connectivity index (χ1) is 18.2. The molecule has 0 aliphatic heterocycles. The van der Waals surface area contributed by atoms with Gasteiger partial charge in [-0.15, -0.1) is 12.1 Å². The maximum atomic E-state index is 12.2. The van der Waals surface area contributed by atoms with Crippen LogP contribution in [0.3, 0.4) is 0 Å². The summed E-state index contributed by atoms with van der Waals surface area (Å²) in [5.41, 5.74) is -0.603. The van der Waals surface area contributed by atoms with Gasteiger partial charge in [0.1, 0.15) is 5.76 Å². The van der Waals surface area contributed by atoms with Crippen LogP contribution in [0.5, 0.6) is 11.6 Å². The van der Waals surface area contributed by atoms with Crippen LogP contribution in [0.25, 0.3) is 21.5 Å². The van der Waals surface area contributed by atoms with Gasteiger partial charge in [0.25, 0.3) is 0 Å². The quantitative estimate of drug-likeness (QED) is 0.0817. The second-order valence-corrected chi connectivity index (χ2v) is 10.3. The molecule has 209 valence electrons. The number of hydrogen-bond acceptors (Lipinski definition) is 4. The minimum absolute atomic E-state index is 0. The van der Waals surface area contributed by atoms with Gasteiger partial charge in [0.15, 0.2) is 5.78 Å². The van der Waals surface area contributed by atoms with Gasteiger partial charge in [-0.3, -0.25) is 4.79 Å². The molecule has 0 bridgehead atoms. The van der Waals surface area contributed by atoms with Crippen molar-refractivity contribution >= 4 is 27.3 Å². The molecular weight excluding hydrogens is 663 g/mol. The van der Waals surface area contributed by atoms with Crippen LogP contribution >= 0.6 is 0 Å². The molecule has 0 spiro atoms. The number of ether oxygens (including phenoxy) is 1. The van der Waals surface area contributed by atoms with Crippen LogP contribution in [-0.4, -0.2) is 15.9 Å². The summed E-state index contributed by atoms with van der Waals surface area (Å²) in [5, 5.41) is 14.6. The third-order valence-corrected chi connectivity index (χ3v) is 8.11. The van der Waals surface area contributed by atoms with Crippen molar-refractivity contribution in [2.75, 3.05) is 0 Å². The van der Waals surface area contributed by atoms with Gasteiger partial charge in [-0.1, -0.05) is 77.9 Å². The molecule has 0 aliphatic rings. The number of rotatable bonds is 9. The number of hydrogen-bond donors (Lipinski definition) is 1. The first-order valence-electron chi connectivity index (χ1n) is 13.6. The molecule has 0 aliphatic carbocycles. The fraction of sp³-hybridized carbons (Fsp3) is 0.353. The summed E-state index contributed by atoms with van der Waals surface area (Å²) in [6, 6.07) is 25.1. The van der Waals surface area contributed by atoms with E-state index < -0.39 is 0 Å². The third-order valence-electron chi connectivity index (χ3n) is 8.11. The number of pyridine rings is 1. The first kappa shape index (κ1) is 32.2. The van der Waals surface area contributed by atoms with Crippen LogP contribution in [0.1, 0.15) is 67.2 Å². The number of ketones is 1. The van der Waals surface area contributed by atoms with E-state index >= 15 is 0 Å². The number of carbonyl (C=O) groups is 1. The summed E-state index contributed by atoms with van der Waals surface area (Å²) >= 11 is 0. The number of para-hydroxylation sites is 1. The zero-order valence-corrected chi connectivity index (χ0v) is 26.3. The van der Waals surface area contributed by atoms with Gasteiger partial charge in [0.2, 0.25) is 5.88 Å². The minimum Gasteiger partial charge on any atom is -0.512 e. The Bertz CT molecular complexity index is 1390. The van der Waals surface area contributed by atoms with E-state index in [1.807, 2.05) is 84.0 Å². The fourth-order valence-electron chi connectivity index (χ4n) is 4.22. The summed E-state index contributed by atoms with van der Waals surface area (Å²) in [5.74, 6) is 1.57. The second-order valence-electron chi connectivity index (χ2n) is 10.3. The molecule has 0 fully saturated rings. The van der Waals surface area contributed by atoms with E-state index in [4.69, 9.17) is 4.74 Å². The van der Waals surface area contributed by atoms with E-state index in [-0.39, 0.29) is 42.5 Å². The molecule has 3 aromatic carbocycles. The van der Waals surface area contributed by atoms with Crippen LogP contribution in [0.2, 0.25) is 0 Å². The number of fused-ring (bicyclic) bond motifs is 3. The van der Waals surface area contributed by atoms with Gasteiger partial charge < -0.3 is 9.84 Å². The maximum absolute atomic E-state index is 12.2. The van der Waals surface area contributed by atoms with Crippen molar-refractivity contribution in [2.45, 2.75) is 67.2 Å². The number of benzene rings is 3. The molecule has 0 saturated carbocycles. The van der Waals surface area contributed by atoms with E-state index in [0.717, 1.165) is 41.8 Å². The van der Waals surface area contributed by atoms with E-state index in [0.29, 0.717) is 11.6 Å². The molecule has 4 rings (SSSR count). The Hall–Kier alpha value is -3.01. The van der Waals surface area contributed by atoms with Crippen LogP contribution < -0.4 is 4.74 Å². The van der Waals surface area contributed by atoms with E-state index in [2.05, 4.69) is 35.3 Å². The fourth-order valence-corrected chi connectivity index (χ4v) is 4.22. The zero-order chi connectivity index (χ0) is 27.8. The van der Waals surface area contributed by atoms with Crippen LogP contribution in [-0.2, 0) is 24.9 Å². The van der Waals surface area contributed by atoms with Gasteiger partial charge in [-0.2, -0.15) is 18.2 Å². The first-order valence-corrected chi connectivity index (χ1v) is 13.6. The van der Waals surface area contributed by atoms with Gasteiger partial charge in [0.05, 0.1) is 5.39 Å². The molecule has 1 heterocycles. The van der Waals surface area contributed by atoms with Gasteiger partial charge in [0, 0.05) is 49.0 Å². The molecule has 0 saturated heterocycles. The second kappa shape index (κ2) is 14.4. The molecule has 1 radical (unpaired) electrons. The predicted octanol–water partition coefficient (Wildman–Crippen LogP) is 9.63. The van der Waals surface area contributed by atoms with Crippen molar-refractivity contribution in [3.63, 3.8) is 0 Å². The average Bonchev–Trinajstić information content (AvgIpc) is 2.97. The number of carbonyl (C=O) groups excluding carboxylic acids is 1. The van der Waals surface area contributed by atoms with Crippen LogP contribution in [0, 0.1) is 16.9 Å². The molecule has 0 atom stereocenters. The average molecular weight is 703 g/mol. The molecular formula is C34H40IrNO3-. The molecule has 4 aromatic rings. The topological polar surface area (TPSA) is 59.4 Å². The number of aromatic nitrogens is 1. The maximum Gasteiger partial charge on any atom is 0.225 e. The number of aliphatic hydroxyl groups is 1. The summed E-state index contributed by atoms with van der Waals surface area (Å²) in [6.07, 6.45) is 6.53. The van der Waals surface area contributed by atoms with Crippen LogP contribution in [0.15, 0.2) is 84.8 Å².